The highest BCUT2D eigenvalue weighted by molar-refractivity contribution is 5.83. The molecule has 1 unspecified atom stereocenters. The van der Waals surface area contributed by atoms with Crippen LogP contribution >= 0.6 is 0 Å². The first-order chi connectivity index (χ1) is 4.74. The average molecular weight is 136 g/mol. The Balaban J connectivity index is 2.72. The van der Waals surface area contributed by atoms with Crippen LogP contribution in [0.15, 0.2) is 11.8 Å². The number of carbonyl (C=O) groups excluding carboxylic acids is 1. The van der Waals surface area contributed by atoms with Crippen LogP contribution in [0.4, 0.5) is 0 Å². The number of nitriles is 1. The van der Waals surface area contributed by atoms with Crippen LogP contribution in [-0.4, -0.2) is 5.91 Å². The molecule has 0 aliphatic carbocycles. The van der Waals surface area contributed by atoms with Crippen molar-refractivity contribution in [3.63, 3.8) is 0 Å². The number of hydrogen-bond acceptors (Lipinski definition) is 2. The molecule has 0 aromatic heterocycles. The number of rotatable bonds is 0. The van der Waals surface area contributed by atoms with Gasteiger partial charge in [-0.25, -0.2) is 0 Å². The van der Waals surface area contributed by atoms with Gasteiger partial charge in [-0.15, -0.1) is 0 Å². The van der Waals surface area contributed by atoms with Gasteiger partial charge >= 0.3 is 0 Å². The molecule has 1 amide bonds. The molecule has 1 N–H and O–H groups in total. The van der Waals surface area contributed by atoms with Gasteiger partial charge < -0.3 is 5.32 Å². The van der Waals surface area contributed by atoms with E-state index in [9.17, 15) is 4.79 Å². The van der Waals surface area contributed by atoms with Crippen molar-refractivity contribution in [2.45, 2.75) is 13.3 Å². The zero-order valence-electron chi connectivity index (χ0n) is 5.72. The molecule has 1 heterocycles. The highest BCUT2D eigenvalue weighted by Gasteiger charge is 2.19. The maximum atomic E-state index is 10.9. The Bertz CT molecular complexity index is 224. The molecule has 10 heavy (non-hydrogen) atoms. The lowest BCUT2D eigenvalue weighted by molar-refractivity contribution is -0.123. The van der Waals surface area contributed by atoms with Crippen LogP contribution in [0.25, 0.3) is 0 Å². The summed E-state index contributed by atoms with van der Waals surface area (Å²) in [6.45, 7) is 1.81. The van der Waals surface area contributed by atoms with Crippen LogP contribution in [0, 0.1) is 17.2 Å². The molecule has 1 rings (SSSR count). The van der Waals surface area contributed by atoms with Gasteiger partial charge in [0.05, 0.1) is 6.07 Å². The summed E-state index contributed by atoms with van der Waals surface area (Å²) in [5, 5.41) is 11.0. The van der Waals surface area contributed by atoms with Gasteiger partial charge in [0.2, 0.25) is 5.91 Å². The van der Waals surface area contributed by atoms with Crippen LogP contribution in [0.3, 0.4) is 0 Å². The first kappa shape index (κ1) is 6.81. The predicted octanol–water partition coefficient (Wildman–Crippen LogP) is 0.550. The van der Waals surface area contributed by atoms with E-state index < -0.39 is 5.92 Å². The van der Waals surface area contributed by atoms with E-state index in [1.807, 2.05) is 19.1 Å². The fraction of sp³-hybridized carbons (Fsp3) is 0.429. The fourth-order valence-corrected chi connectivity index (χ4v) is 0.845. The fourth-order valence-electron chi connectivity index (χ4n) is 0.845. The van der Waals surface area contributed by atoms with Crippen molar-refractivity contribution >= 4 is 5.91 Å². The van der Waals surface area contributed by atoms with Gasteiger partial charge in [0.1, 0.15) is 5.92 Å². The van der Waals surface area contributed by atoms with Crippen LogP contribution in [0.5, 0.6) is 0 Å². The van der Waals surface area contributed by atoms with E-state index >= 15 is 0 Å². The topological polar surface area (TPSA) is 52.9 Å². The summed E-state index contributed by atoms with van der Waals surface area (Å²) in [7, 11) is 0. The molecule has 0 aromatic rings. The first-order valence-corrected chi connectivity index (χ1v) is 3.11. The minimum atomic E-state index is -0.483. The highest BCUT2D eigenvalue weighted by Crippen LogP contribution is 2.10. The molecule has 0 radical (unpaired) electrons. The zero-order chi connectivity index (χ0) is 7.56. The molecular formula is C7H8N2O. The van der Waals surface area contributed by atoms with Gasteiger partial charge in [-0.05, 0) is 13.3 Å². The lowest BCUT2D eigenvalue weighted by atomic mass is 10.0. The van der Waals surface area contributed by atoms with Crippen molar-refractivity contribution in [1.29, 1.82) is 5.26 Å². The molecule has 0 aromatic carbocycles. The van der Waals surface area contributed by atoms with E-state index in [0.29, 0.717) is 6.42 Å². The standard InChI is InChI=1S/C7H8N2O/c1-5-2-3-6(4-8)7(10)9-5/h2,6H,3H2,1H3,(H,9,10). The molecule has 3 nitrogen and oxygen atoms in total. The zero-order valence-corrected chi connectivity index (χ0v) is 5.72. The lowest BCUT2D eigenvalue weighted by Crippen LogP contribution is -2.31. The van der Waals surface area contributed by atoms with Crippen LogP contribution in [0.2, 0.25) is 0 Å². The number of amides is 1. The molecule has 0 spiro atoms. The van der Waals surface area contributed by atoms with E-state index in [1.165, 1.54) is 0 Å². The van der Waals surface area contributed by atoms with E-state index in [2.05, 4.69) is 5.32 Å². The summed E-state index contributed by atoms with van der Waals surface area (Å²) in [6, 6.07) is 1.92. The third-order valence-electron chi connectivity index (χ3n) is 1.45. The Morgan fingerprint density at radius 2 is 2.60 bits per heavy atom. The molecule has 1 aliphatic heterocycles. The normalized spacial score (nSPS) is 24.6. The van der Waals surface area contributed by atoms with Gasteiger partial charge in [-0.3, -0.25) is 4.79 Å². The highest BCUT2D eigenvalue weighted by atomic mass is 16.1. The number of allylic oxidation sites excluding steroid dienone is 2. The third kappa shape index (κ3) is 1.16. The van der Waals surface area contributed by atoms with E-state index in [-0.39, 0.29) is 5.91 Å². The Kier molecular flexibility index (Phi) is 1.72. The Morgan fingerprint density at radius 3 is 3.10 bits per heavy atom. The molecule has 0 saturated heterocycles. The van der Waals surface area contributed by atoms with Crippen LogP contribution < -0.4 is 5.32 Å². The van der Waals surface area contributed by atoms with Crippen molar-refractivity contribution in [3.8, 4) is 6.07 Å². The summed E-state index contributed by atoms with van der Waals surface area (Å²) in [5.74, 6) is -0.661. The minimum Gasteiger partial charge on any atom is -0.329 e. The molecule has 3 heteroatoms. The summed E-state index contributed by atoms with van der Waals surface area (Å²) in [6.07, 6.45) is 2.41. The van der Waals surface area contributed by atoms with E-state index in [4.69, 9.17) is 5.26 Å². The number of nitrogens with one attached hydrogen (secondary N) is 1. The van der Waals surface area contributed by atoms with Crippen molar-refractivity contribution in [1.82, 2.24) is 5.32 Å². The predicted molar refractivity (Wildman–Crippen MR) is 35.6 cm³/mol. The molecular weight excluding hydrogens is 128 g/mol. The molecule has 52 valence electrons. The maximum Gasteiger partial charge on any atom is 0.241 e. The molecule has 0 saturated carbocycles. The summed E-state index contributed by atoms with van der Waals surface area (Å²) < 4.78 is 0. The first-order valence-electron chi connectivity index (χ1n) is 3.11. The van der Waals surface area contributed by atoms with Gasteiger partial charge in [0.15, 0.2) is 0 Å². The molecule has 0 fully saturated rings. The maximum absolute atomic E-state index is 10.9. The largest absolute Gasteiger partial charge is 0.329 e. The van der Waals surface area contributed by atoms with Gasteiger partial charge in [-0.1, -0.05) is 6.08 Å². The second-order valence-electron chi connectivity index (χ2n) is 2.29. The average Bonchev–Trinajstić information content (AvgIpc) is 1.88. The second kappa shape index (κ2) is 2.53. The Morgan fingerprint density at radius 1 is 1.90 bits per heavy atom. The minimum absolute atomic E-state index is 0.178. The SMILES string of the molecule is CC1=CCC(C#N)C(=O)N1. The van der Waals surface area contributed by atoms with Crippen molar-refractivity contribution in [2.75, 3.05) is 0 Å². The molecule has 1 atom stereocenters. The molecule has 0 bridgehead atoms. The van der Waals surface area contributed by atoms with Crippen molar-refractivity contribution in [2.24, 2.45) is 5.92 Å². The smallest absolute Gasteiger partial charge is 0.241 e. The number of hydrogen-bond donors (Lipinski definition) is 1. The van der Waals surface area contributed by atoms with Gasteiger partial charge in [-0.2, -0.15) is 5.26 Å². The molecule has 1 aliphatic rings. The van der Waals surface area contributed by atoms with Crippen LogP contribution in [0.1, 0.15) is 13.3 Å². The Labute approximate surface area is 59.3 Å². The third-order valence-corrected chi connectivity index (χ3v) is 1.45. The van der Waals surface area contributed by atoms with E-state index in [1.54, 1.807) is 0 Å². The van der Waals surface area contributed by atoms with E-state index in [0.717, 1.165) is 5.70 Å². The summed E-state index contributed by atoms with van der Waals surface area (Å²) in [5.41, 5.74) is 0.844. The van der Waals surface area contributed by atoms with Gasteiger partial charge in [0.25, 0.3) is 0 Å². The quantitative estimate of drug-likeness (QED) is 0.528. The lowest BCUT2D eigenvalue weighted by Gasteiger charge is -2.13. The number of carbonyl (C=O) groups is 1. The van der Waals surface area contributed by atoms with Crippen LogP contribution in [-0.2, 0) is 4.79 Å². The summed E-state index contributed by atoms with van der Waals surface area (Å²) >= 11 is 0. The number of nitrogens with zero attached hydrogens (tertiary/aromatic N) is 1. The summed E-state index contributed by atoms with van der Waals surface area (Å²) in [4.78, 5) is 10.9. The second-order valence-corrected chi connectivity index (χ2v) is 2.29. The Hall–Kier alpha value is -1.30. The van der Waals surface area contributed by atoms with Crippen molar-refractivity contribution in [3.05, 3.63) is 11.8 Å². The monoisotopic (exact) mass is 136 g/mol. The van der Waals surface area contributed by atoms with Crippen molar-refractivity contribution < 1.29 is 4.79 Å². The van der Waals surface area contributed by atoms with Gasteiger partial charge in [0, 0.05) is 5.70 Å².